The molecule has 0 bridgehead atoms. The Morgan fingerprint density at radius 2 is 1.88 bits per heavy atom. The molecule has 16 heavy (non-hydrogen) atoms. The highest BCUT2D eigenvalue weighted by atomic mass is 35.5. The third-order valence-corrected chi connectivity index (χ3v) is 3.37. The topological polar surface area (TPSA) is 9.23 Å². The van der Waals surface area contributed by atoms with Gasteiger partial charge in [-0.3, -0.25) is 0 Å². The highest BCUT2D eigenvalue weighted by molar-refractivity contribution is 6.20. The van der Waals surface area contributed by atoms with E-state index in [-0.39, 0.29) is 5.38 Å². The zero-order valence-corrected chi connectivity index (χ0v) is 10.9. The maximum atomic E-state index is 6.41. The molecule has 0 aromatic heterocycles. The molecule has 0 amide bonds. The minimum Gasteiger partial charge on any atom is -0.381 e. The van der Waals surface area contributed by atoms with Crippen LogP contribution in [0.4, 0.5) is 0 Å². The number of hydrogen-bond donors (Lipinski definition) is 0. The Labute approximate surface area is 104 Å². The van der Waals surface area contributed by atoms with Crippen LogP contribution < -0.4 is 0 Å². The molecule has 2 heteroatoms. The van der Waals surface area contributed by atoms with Crippen LogP contribution in [0, 0.1) is 5.92 Å². The van der Waals surface area contributed by atoms with Gasteiger partial charge in [0, 0.05) is 13.2 Å². The van der Waals surface area contributed by atoms with Crippen LogP contribution in [0.25, 0.3) is 0 Å². The first kappa shape index (κ1) is 13.5. The van der Waals surface area contributed by atoms with Gasteiger partial charge >= 0.3 is 0 Å². The van der Waals surface area contributed by atoms with Gasteiger partial charge in [-0.2, -0.15) is 0 Å². The predicted molar refractivity (Wildman–Crippen MR) is 69.9 cm³/mol. The molecule has 1 rings (SSSR count). The first-order chi connectivity index (χ1) is 7.75. The number of ether oxygens (including phenoxy) is 1. The molecule has 0 spiro atoms. The van der Waals surface area contributed by atoms with E-state index < -0.39 is 0 Å². The largest absolute Gasteiger partial charge is 0.381 e. The second-order valence-corrected chi connectivity index (χ2v) is 4.66. The molecule has 1 aromatic rings. The summed E-state index contributed by atoms with van der Waals surface area (Å²) in [6.45, 7) is 5.97. The fourth-order valence-corrected chi connectivity index (χ4v) is 1.90. The molecular weight excluding hydrogens is 220 g/mol. The second-order valence-electron chi connectivity index (χ2n) is 4.19. The SMILES string of the molecule is CCCOCCC(C)C(Cl)c1ccccc1. The first-order valence-electron chi connectivity index (χ1n) is 6.02. The van der Waals surface area contributed by atoms with Crippen LogP contribution in [0.3, 0.4) is 0 Å². The summed E-state index contributed by atoms with van der Waals surface area (Å²) in [5.41, 5.74) is 1.20. The van der Waals surface area contributed by atoms with E-state index >= 15 is 0 Å². The van der Waals surface area contributed by atoms with Crippen LogP contribution in [-0.2, 0) is 4.74 Å². The van der Waals surface area contributed by atoms with E-state index in [4.69, 9.17) is 16.3 Å². The Balaban J connectivity index is 2.33. The van der Waals surface area contributed by atoms with Gasteiger partial charge in [0.05, 0.1) is 5.38 Å². The Hall–Kier alpha value is -0.530. The van der Waals surface area contributed by atoms with Crippen molar-refractivity contribution in [1.29, 1.82) is 0 Å². The van der Waals surface area contributed by atoms with E-state index in [0.717, 1.165) is 26.1 Å². The third kappa shape index (κ3) is 4.54. The lowest BCUT2D eigenvalue weighted by Crippen LogP contribution is -2.08. The van der Waals surface area contributed by atoms with Crippen molar-refractivity contribution in [3.05, 3.63) is 35.9 Å². The standard InChI is InChI=1S/C14H21ClO/c1-3-10-16-11-9-12(2)14(15)13-7-5-4-6-8-13/h4-8,12,14H,3,9-11H2,1-2H3. The number of alkyl halides is 1. The third-order valence-electron chi connectivity index (χ3n) is 2.68. The van der Waals surface area contributed by atoms with Crippen molar-refractivity contribution in [2.45, 2.75) is 32.1 Å². The smallest absolute Gasteiger partial charge is 0.0611 e. The summed E-state index contributed by atoms with van der Waals surface area (Å²) in [5, 5.41) is 0.0893. The molecule has 0 aliphatic carbocycles. The lowest BCUT2D eigenvalue weighted by atomic mass is 9.98. The summed E-state index contributed by atoms with van der Waals surface area (Å²) in [6.07, 6.45) is 2.10. The van der Waals surface area contributed by atoms with Crippen LogP contribution in [-0.4, -0.2) is 13.2 Å². The Kier molecular flexibility index (Phi) is 6.51. The van der Waals surface area contributed by atoms with Crippen molar-refractivity contribution in [2.75, 3.05) is 13.2 Å². The maximum absolute atomic E-state index is 6.41. The van der Waals surface area contributed by atoms with Crippen molar-refractivity contribution in [3.63, 3.8) is 0 Å². The fourth-order valence-electron chi connectivity index (χ4n) is 1.63. The molecule has 0 radical (unpaired) electrons. The molecule has 0 saturated heterocycles. The highest BCUT2D eigenvalue weighted by Crippen LogP contribution is 2.30. The van der Waals surface area contributed by atoms with Crippen LogP contribution in [0.15, 0.2) is 30.3 Å². The molecular formula is C14H21ClO. The summed E-state index contributed by atoms with van der Waals surface area (Å²) in [7, 11) is 0. The average molecular weight is 241 g/mol. The first-order valence-corrected chi connectivity index (χ1v) is 6.46. The van der Waals surface area contributed by atoms with Gasteiger partial charge in [-0.05, 0) is 24.3 Å². The van der Waals surface area contributed by atoms with Crippen LogP contribution in [0.5, 0.6) is 0 Å². The maximum Gasteiger partial charge on any atom is 0.0611 e. The van der Waals surface area contributed by atoms with Crippen molar-refractivity contribution in [1.82, 2.24) is 0 Å². The van der Waals surface area contributed by atoms with Crippen molar-refractivity contribution < 1.29 is 4.74 Å². The molecule has 0 aliphatic heterocycles. The molecule has 90 valence electrons. The summed E-state index contributed by atoms with van der Waals surface area (Å²) < 4.78 is 5.48. The van der Waals surface area contributed by atoms with Gasteiger partial charge in [0.1, 0.15) is 0 Å². The summed E-state index contributed by atoms with van der Waals surface area (Å²) in [5.74, 6) is 0.445. The number of hydrogen-bond acceptors (Lipinski definition) is 1. The fraction of sp³-hybridized carbons (Fsp3) is 0.571. The van der Waals surface area contributed by atoms with Gasteiger partial charge in [-0.1, -0.05) is 44.2 Å². The summed E-state index contributed by atoms with van der Waals surface area (Å²) in [6, 6.07) is 10.3. The van der Waals surface area contributed by atoms with E-state index in [2.05, 4.69) is 26.0 Å². The van der Waals surface area contributed by atoms with Crippen molar-refractivity contribution in [3.8, 4) is 0 Å². The van der Waals surface area contributed by atoms with E-state index in [0.29, 0.717) is 5.92 Å². The van der Waals surface area contributed by atoms with E-state index in [1.165, 1.54) is 5.56 Å². The zero-order chi connectivity index (χ0) is 11.8. The summed E-state index contributed by atoms with van der Waals surface area (Å²) in [4.78, 5) is 0. The lowest BCUT2D eigenvalue weighted by Gasteiger charge is -2.18. The van der Waals surface area contributed by atoms with E-state index in [9.17, 15) is 0 Å². The molecule has 0 saturated carbocycles. The molecule has 2 atom stereocenters. The molecule has 0 fully saturated rings. The highest BCUT2D eigenvalue weighted by Gasteiger charge is 2.15. The minimum atomic E-state index is 0.0893. The van der Waals surface area contributed by atoms with Gasteiger partial charge in [0.2, 0.25) is 0 Å². The molecule has 0 aliphatic rings. The Morgan fingerprint density at radius 3 is 2.50 bits per heavy atom. The normalized spacial score (nSPS) is 14.7. The van der Waals surface area contributed by atoms with Crippen molar-refractivity contribution >= 4 is 11.6 Å². The van der Waals surface area contributed by atoms with Gasteiger partial charge in [-0.15, -0.1) is 11.6 Å². The monoisotopic (exact) mass is 240 g/mol. The van der Waals surface area contributed by atoms with Crippen LogP contribution >= 0.6 is 11.6 Å². The number of rotatable bonds is 7. The zero-order valence-electron chi connectivity index (χ0n) is 10.2. The van der Waals surface area contributed by atoms with E-state index in [1.807, 2.05) is 18.2 Å². The quantitative estimate of drug-likeness (QED) is 0.507. The molecule has 1 nitrogen and oxygen atoms in total. The Morgan fingerprint density at radius 1 is 1.19 bits per heavy atom. The summed E-state index contributed by atoms with van der Waals surface area (Å²) >= 11 is 6.41. The van der Waals surface area contributed by atoms with Gasteiger partial charge in [-0.25, -0.2) is 0 Å². The van der Waals surface area contributed by atoms with Crippen LogP contribution in [0.1, 0.15) is 37.6 Å². The Bertz CT molecular complexity index is 273. The van der Waals surface area contributed by atoms with E-state index in [1.54, 1.807) is 0 Å². The van der Waals surface area contributed by atoms with Crippen LogP contribution in [0.2, 0.25) is 0 Å². The molecule has 1 aromatic carbocycles. The average Bonchev–Trinajstić information content (AvgIpc) is 2.34. The molecule has 0 heterocycles. The van der Waals surface area contributed by atoms with Gasteiger partial charge in [0.25, 0.3) is 0 Å². The van der Waals surface area contributed by atoms with Crippen molar-refractivity contribution in [2.24, 2.45) is 5.92 Å². The number of benzene rings is 1. The minimum absolute atomic E-state index is 0.0893. The second kappa shape index (κ2) is 7.70. The van der Waals surface area contributed by atoms with Gasteiger partial charge < -0.3 is 4.74 Å². The lowest BCUT2D eigenvalue weighted by molar-refractivity contribution is 0.122. The predicted octanol–water partition coefficient (Wildman–Crippen LogP) is 4.42. The molecule has 0 N–H and O–H groups in total. The molecule has 2 unspecified atom stereocenters. The number of halogens is 1. The van der Waals surface area contributed by atoms with Gasteiger partial charge in [0.15, 0.2) is 0 Å².